The van der Waals surface area contributed by atoms with Crippen molar-refractivity contribution in [3.05, 3.63) is 54.1 Å². The van der Waals surface area contributed by atoms with Gasteiger partial charge in [0.05, 0.1) is 13.7 Å². The largest absolute Gasteiger partial charge is 0.497 e. The summed E-state index contributed by atoms with van der Waals surface area (Å²) >= 11 is 0. The Morgan fingerprint density at radius 2 is 1.78 bits per heavy atom. The lowest BCUT2D eigenvalue weighted by atomic mass is 10.2. The van der Waals surface area contributed by atoms with E-state index in [-0.39, 0.29) is 5.91 Å². The van der Waals surface area contributed by atoms with Crippen LogP contribution in [0.15, 0.2) is 48.5 Å². The molecule has 5 heteroatoms. The number of carbonyl (C=O) groups is 1. The van der Waals surface area contributed by atoms with E-state index in [1.165, 1.54) is 0 Å². The minimum atomic E-state index is -0.616. The van der Waals surface area contributed by atoms with Gasteiger partial charge in [-0.25, -0.2) is 0 Å². The zero-order valence-electron chi connectivity index (χ0n) is 13.5. The highest BCUT2D eigenvalue weighted by Gasteiger charge is 2.15. The molecule has 0 spiro atoms. The molecule has 1 N–H and O–H groups in total. The minimum Gasteiger partial charge on any atom is -0.497 e. The lowest BCUT2D eigenvalue weighted by Gasteiger charge is -2.15. The Morgan fingerprint density at radius 3 is 2.43 bits per heavy atom. The first-order chi connectivity index (χ1) is 11.1. The smallest absolute Gasteiger partial charge is 0.265 e. The van der Waals surface area contributed by atoms with Crippen LogP contribution in [0.25, 0.3) is 0 Å². The van der Waals surface area contributed by atoms with Crippen LogP contribution in [-0.4, -0.2) is 26.2 Å². The fourth-order valence-electron chi connectivity index (χ4n) is 2.06. The summed E-state index contributed by atoms with van der Waals surface area (Å²) in [7, 11) is 3.24. The molecule has 2 aromatic rings. The number of anilines is 1. The van der Waals surface area contributed by atoms with Crippen molar-refractivity contribution in [1.82, 2.24) is 0 Å². The summed E-state index contributed by atoms with van der Waals surface area (Å²) in [6.45, 7) is 2.21. The fraction of sp³-hybridized carbons (Fsp3) is 0.278. The molecule has 2 aromatic carbocycles. The SMILES string of the molecule is COCc1cccc(NC(=O)[C@@H](C)Oc2ccc(OC)cc2)c1. The van der Waals surface area contributed by atoms with Crippen molar-refractivity contribution < 1.29 is 19.0 Å². The van der Waals surface area contributed by atoms with Gasteiger partial charge in [-0.15, -0.1) is 0 Å². The number of methoxy groups -OCH3 is 2. The second-order valence-corrected chi connectivity index (χ2v) is 5.06. The van der Waals surface area contributed by atoms with Crippen LogP contribution >= 0.6 is 0 Å². The van der Waals surface area contributed by atoms with Crippen LogP contribution < -0.4 is 14.8 Å². The highest BCUT2D eigenvalue weighted by Crippen LogP contribution is 2.19. The number of carbonyl (C=O) groups excluding carboxylic acids is 1. The van der Waals surface area contributed by atoms with Crippen LogP contribution in [0.3, 0.4) is 0 Å². The van der Waals surface area contributed by atoms with Gasteiger partial charge in [0.1, 0.15) is 11.5 Å². The first-order valence-corrected chi connectivity index (χ1v) is 7.32. The predicted molar refractivity (Wildman–Crippen MR) is 88.9 cm³/mol. The molecule has 1 atom stereocenters. The first kappa shape index (κ1) is 16.8. The lowest BCUT2D eigenvalue weighted by molar-refractivity contribution is -0.122. The molecule has 5 nitrogen and oxygen atoms in total. The summed E-state index contributed by atoms with van der Waals surface area (Å²) in [4.78, 5) is 12.2. The Hall–Kier alpha value is -2.53. The third kappa shape index (κ3) is 5.00. The molecule has 0 saturated carbocycles. The zero-order chi connectivity index (χ0) is 16.7. The Balaban J connectivity index is 1.95. The number of benzene rings is 2. The second-order valence-electron chi connectivity index (χ2n) is 5.06. The van der Waals surface area contributed by atoms with E-state index in [2.05, 4.69) is 5.32 Å². The molecule has 0 fully saturated rings. The van der Waals surface area contributed by atoms with Gasteiger partial charge in [-0.1, -0.05) is 12.1 Å². The van der Waals surface area contributed by atoms with E-state index >= 15 is 0 Å². The van der Waals surface area contributed by atoms with E-state index in [1.54, 1.807) is 45.4 Å². The van der Waals surface area contributed by atoms with E-state index < -0.39 is 6.10 Å². The molecule has 0 radical (unpaired) electrons. The normalized spacial score (nSPS) is 11.6. The average molecular weight is 315 g/mol. The van der Waals surface area contributed by atoms with Crippen LogP contribution in [0.1, 0.15) is 12.5 Å². The van der Waals surface area contributed by atoms with Gasteiger partial charge in [0, 0.05) is 12.8 Å². The molecular formula is C18H21NO4. The molecule has 0 unspecified atom stereocenters. The summed E-state index contributed by atoms with van der Waals surface area (Å²) in [6, 6.07) is 14.6. The quantitative estimate of drug-likeness (QED) is 0.852. The number of rotatable bonds is 7. The van der Waals surface area contributed by atoms with Gasteiger partial charge in [-0.05, 0) is 48.9 Å². The van der Waals surface area contributed by atoms with Gasteiger partial charge in [0.2, 0.25) is 0 Å². The monoisotopic (exact) mass is 315 g/mol. The van der Waals surface area contributed by atoms with Crippen molar-refractivity contribution in [1.29, 1.82) is 0 Å². The highest BCUT2D eigenvalue weighted by atomic mass is 16.5. The maximum atomic E-state index is 12.2. The number of amides is 1. The standard InChI is InChI=1S/C18H21NO4/c1-13(23-17-9-7-16(22-3)8-10-17)18(20)19-15-6-4-5-14(11-15)12-21-2/h4-11,13H,12H2,1-3H3,(H,19,20)/t13-/m1/s1. The third-order valence-electron chi connectivity index (χ3n) is 3.25. The molecule has 2 rings (SSSR count). The third-order valence-corrected chi connectivity index (χ3v) is 3.25. The van der Waals surface area contributed by atoms with Crippen molar-refractivity contribution in [3.8, 4) is 11.5 Å². The number of ether oxygens (including phenoxy) is 3. The maximum absolute atomic E-state index is 12.2. The first-order valence-electron chi connectivity index (χ1n) is 7.32. The number of hydrogen-bond acceptors (Lipinski definition) is 4. The number of hydrogen-bond donors (Lipinski definition) is 1. The zero-order valence-corrected chi connectivity index (χ0v) is 13.5. The fourth-order valence-corrected chi connectivity index (χ4v) is 2.06. The molecule has 0 aliphatic carbocycles. The van der Waals surface area contributed by atoms with E-state index in [1.807, 2.05) is 24.3 Å². The molecule has 0 aliphatic heterocycles. The topological polar surface area (TPSA) is 56.8 Å². The molecular weight excluding hydrogens is 294 g/mol. The van der Waals surface area contributed by atoms with Crippen LogP contribution in [-0.2, 0) is 16.1 Å². The van der Waals surface area contributed by atoms with E-state index in [0.717, 1.165) is 17.0 Å². The predicted octanol–water partition coefficient (Wildman–Crippen LogP) is 3.25. The Morgan fingerprint density at radius 1 is 1.09 bits per heavy atom. The van der Waals surface area contributed by atoms with Crippen molar-refractivity contribution in [2.24, 2.45) is 0 Å². The van der Waals surface area contributed by atoms with E-state index in [4.69, 9.17) is 14.2 Å². The molecule has 0 heterocycles. The van der Waals surface area contributed by atoms with Crippen LogP contribution in [0.2, 0.25) is 0 Å². The lowest BCUT2D eigenvalue weighted by Crippen LogP contribution is -2.30. The molecule has 0 bridgehead atoms. The summed E-state index contributed by atoms with van der Waals surface area (Å²) < 4.78 is 15.8. The van der Waals surface area contributed by atoms with Gasteiger partial charge in [-0.3, -0.25) is 4.79 Å². The summed E-state index contributed by atoms with van der Waals surface area (Å²) in [5.74, 6) is 1.14. The second kappa shape index (κ2) is 8.19. The van der Waals surface area contributed by atoms with Crippen molar-refractivity contribution in [2.75, 3.05) is 19.5 Å². The maximum Gasteiger partial charge on any atom is 0.265 e. The Labute approximate surface area is 136 Å². The summed E-state index contributed by atoms with van der Waals surface area (Å²) in [6.07, 6.45) is -0.616. The summed E-state index contributed by atoms with van der Waals surface area (Å²) in [5.41, 5.74) is 1.71. The van der Waals surface area contributed by atoms with Crippen molar-refractivity contribution in [3.63, 3.8) is 0 Å². The molecule has 1 amide bonds. The molecule has 0 saturated heterocycles. The Kier molecular flexibility index (Phi) is 6.00. The van der Waals surface area contributed by atoms with Crippen molar-refractivity contribution >= 4 is 11.6 Å². The van der Waals surface area contributed by atoms with E-state index in [0.29, 0.717) is 12.4 Å². The van der Waals surface area contributed by atoms with Gasteiger partial charge in [0.15, 0.2) is 6.10 Å². The van der Waals surface area contributed by atoms with Gasteiger partial charge >= 0.3 is 0 Å². The Bertz CT molecular complexity index is 640. The van der Waals surface area contributed by atoms with Gasteiger partial charge < -0.3 is 19.5 Å². The summed E-state index contributed by atoms with van der Waals surface area (Å²) in [5, 5.41) is 2.84. The molecule has 0 aromatic heterocycles. The molecule has 23 heavy (non-hydrogen) atoms. The molecule has 0 aliphatic rings. The van der Waals surface area contributed by atoms with Crippen LogP contribution in [0, 0.1) is 0 Å². The van der Waals surface area contributed by atoms with Gasteiger partial charge in [-0.2, -0.15) is 0 Å². The van der Waals surface area contributed by atoms with Crippen LogP contribution in [0.4, 0.5) is 5.69 Å². The minimum absolute atomic E-state index is 0.213. The van der Waals surface area contributed by atoms with E-state index in [9.17, 15) is 4.79 Å². The number of nitrogens with one attached hydrogen (secondary N) is 1. The average Bonchev–Trinajstić information content (AvgIpc) is 2.56. The van der Waals surface area contributed by atoms with Crippen LogP contribution in [0.5, 0.6) is 11.5 Å². The van der Waals surface area contributed by atoms with Crippen molar-refractivity contribution in [2.45, 2.75) is 19.6 Å². The highest BCUT2D eigenvalue weighted by molar-refractivity contribution is 5.94. The van der Waals surface area contributed by atoms with Gasteiger partial charge in [0.25, 0.3) is 5.91 Å². The molecule has 122 valence electrons.